The summed E-state index contributed by atoms with van der Waals surface area (Å²) in [5.41, 5.74) is 1.03. The lowest BCUT2D eigenvalue weighted by Gasteiger charge is -2.13. The van der Waals surface area contributed by atoms with E-state index < -0.39 is 0 Å². The molecule has 2 heteroatoms. The van der Waals surface area contributed by atoms with Crippen LogP contribution in [-0.2, 0) is 0 Å². The van der Waals surface area contributed by atoms with E-state index in [1.165, 1.54) is 31.4 Å². The van der Waals surface area contributed by atoms with Gasteiger partial charge in [-0.3, -0.25) is 0 Å². The number of anilines is 1. The van der Waals surface area contributed by atoms with E-state index in [9.17, 15) is 4.39 Å². The highest BCUT2D eigenvalue weighted by molar-refractivity contribution is 5.43. The second kappa shape index (κ2) is 3.99. The van der Waals surface area contributed by atoms with Crippen molar-refractivity contribution in [3.8, 4) is 0 Å². The van der Waals surface area contributed by atoms with Crippen LogP contribution < -0.4 is 5.32 Å². The van der Waals surface area contributed by atoms with Crippen LogP contribution in [0.3, 0.4) is 0 Å². The van der Waals surface area contributed by atoms with E-state index in [1.54, 1.807) is 12.1 Å². The van der Waals surface area contributed by atoms with Gasteiger partial charge in [-0.2, -0.15) is 0 Å². The number of hydrogen-bond donors (Lipinski definition) is 1. The lowest BCUT2D eigenvalue weighted by atomic mass is 10.1. The Bertz CT molecular complexity index is 294. The van der Waals surface area contributed by atoms with Gasteiger partial charge in [0, 0.05) is 11.7 Å². The fourth-order valence-corrected chi connectivity index (χ4v) is 2.12. The van der Waals surface area contributed by atoms with E-state index in [4.69, 9.17) is 0 Å². The second-order valence-corrected chi connectivity index (χ2v) is 4.27. The minimum Gasteiger partial charge on any atom is -0.382 e. The van der Waals surface area contributed by atoms with Crippen molar-refractivity contribution in [1.29, 1.82) is 0 Å². The first-order valence-corrected chi connectivity index (χ1v) is 5.26. The molecule has 14 heavy (non-hydrogen) atoms. The van der Waals surface area contributed by atoms with Crippen molar-refractivity contribution in [2.24, 2.45) is 5.92 Å². The van der Waals surface area contributed by atoms with Crippen LogP contribution in [0.25, 0.3) is 0 Å². The molecule has 76 valence electrons. The Labute approximate surface area is 84.3 Å². The third kappa shape index (κ3) is 2.25. The fourth-order valence-electron chi connectivity index (χ4n) is 2.12. The average molecular weight is 193 g/mol. The molecule has 1 nitrogen and oxygen atoms in total. The number of rotatable bonds is 2. The Hall–Kier alpha value is -1.05. The van der Waals surface area contributed by atoms with Gasteiger partial charge in [-0.25, -0.2) is 4.39 Å². The molecular formula is C12H16FN. The van der Waals surface area contributed by atoms with Gasteiger partial charge >= 0.3 is 0 Å². The van der Waals surface area contributed by atoms with Crippen LogP contribution in [0.1, 0.15) is 26.2 Å². The summed E-state index contributed by atoms with van der Waals surface area (Å²) in [5.74, 6) is 0.656. The summed E-state index contributed by atoms with van der Waals surface area (Å²) in [6.45, 7) is 2.28. The maximum absolute atomic E-state index is 12.6. The molecule has 1 aromatic rings. The van der Waals surface area contributed by atoms with Gasteiger partial charge in [0.05, 0.1) is 0 Å². The zero-order valence-corrected chi connectivity index (χ0v) is 8.46. The van der Waals surface area contributed by atoms with Crippen molar-refractivity contribution in [3.63, 3.8) is 0 Å². The van der Waals surface area contributed by atoms with Crippen molar-refractivity contribution >= 4 is 5.69 Å². The van der Waals surface area contributed by atoms with E-state index in [0.29, 0.717) is 6.04 Å². The molecule has 2 atom stereocenters. The third-order valence-corrected chi connectivity index (χ3v) is 2.91. The third-order valence-electron chi connectivity index (χ3n) is 2.91. The highest BCUT2D eigenvalue weighted by Gasteiger charge is 2.20. The molecule has 0 unspecified atom stereocenters. The molecule has 0 aliphatic heterocycles. The number of halogens is 1. The maximum Gasteiger partial charge on any atom is 0.123 e. The molecule has 1 N–H and O–H groups in total. The van der Waals surface area contributed by atoms with E-state index in [0.717, 1.165) is 11.6 Å². The molecular weight excluding hydrogens is 177 g/mol. The Kier molecular flexibility index (Phi) is 2.71. The Morgan fingerprint density at radius 1 is 1.21 bits per heavy atom. The summed E-state index contributed by atoms with van der Waals surface area (Å²) in [7, 11) is 0. The van der Waals surface area contributed by atoms with Gasteiger partial charge in [0.25, 0.3) is 0 Å². The molecule has 2 rings (SSSR count). The molecule has 0 bridgehead atoms. The van der Waals surface area contributed by atoms with Gasteiger partial charge in [-0.05, 0) is 49.4 Å². The van der Waals surface area contributed by atoms with Gasteiger partial charge < -0.3 is 5.32 Å². The van der Waals surface area contributed by atoms with Crippen molar-refractivity contribution in [3.05, 3.63) is 30.1 Å². The highest BCUT2D eigenvalue weighted by Crippen LogP contribution is 2.27. The quantitative estimate of drug-likeness (QED) is 0.758. The van der Waals surface area contributed by atoms with E-state index >= 15 is 0 Å². The molecule has 1 fully saturated rings. The van der Waals surface area contributed by atoms with Crippen molar-refractivity contribution in [2.45, 2.75) is 32.2 Å². The first-order valence-electron chi connectivity index (χ1n) is 5.26. The van der Waals surface area contributed by atoms with Crippen LogP contribution in [-0.4, -0.2) is 6.04 Å². The van der Waals surface area contributed by atoms with Gasteiger partial charge in [0.1, 0.15) is 5.82 Å². The first-order chi connectivity index (χ1) is 6.74. The Morgan fingerprint density at radius 2 is 1.93 bits per heavy atom. The molecule has 0 saturated heterocycles. The molecule has 0 amide bonds. The first kappa shape index (κ1) is 9.50. The number of hydrogen-bond acceptors (Lipinski definition) is 1. The predicted molar refractivity (Wildman–Crippen MR) is 56.8 cm³/mol. The van der Waals surface area contributed by atoms with Crippen LogP contribution in [0, 0.1) is 11.7 Å². The monoisotopic (exact) mass is 193 g/mol. The Morgan fingerprint density at radius 3 is 2.50 bits per heavy atom. The van der Waals surface area contributed by atoms with Crippen LogP contribution in [0.2, 0.25) is 0 Å². The summed E-state index contributed by atoms with van der Waals surface area (Å²) >= 11 is 0. The largest absolute Gasteiger partial charge is 0.382 e. The minimum absolute atomic E-state index is 0.171. The van der Waals surface area contributed by atoms with Gasteiger partial charge in [-0.1, -0.05) is 6.92 Å². The lowest BCUT2D eigenvalue weighted by Crippen LogP contribution is -2.14. The van der Waals surface area contributed by atoms with Gasteiger partial charge in [0.2, 0.25) is 0 Å². The van der Waals surface area contributed by atoms with E-state index in [1.807, 2.05) is 0 Å². The smallest absolute Gasteiger partial charge is 0.123 e. The van der Waals surface area contributed by atoms with Crippen LogP contribution in [0.4, 0.5) is 10.1 Å². The van der Waals surface area contributed by atoms with Crippen molar-refractivity contribution in [1.82, 2.24) is 0 Å². The van der Waals surface area contributed by atoms with E-state index in [-0.39, 0.29) is 5.82 Å². The normalized spacial score (nSPS) is 26.4. The summed E-state index contributed by atoms with van der Waals surface area (Å²) < 4.78 is 12.6. The van der Waals surface area contributed by atoms with Crippen molar-refractivity contribution in [2.75, 3.05) is 5.32 Å². The zero-order valence-electron chi connectivity index (χ0n) is 8.46. The molecule has 1 aromatic carbocycles. The van der Waals surface area contributed by atoms with Crippen LogP contribution in [0.5, 0.6) is 0 Å². The topological polar surface area (TPSA) is 12.0 Å². The summed E-state index contributed by atoms with van der Waals surface area (Å²) in [6.07, 6.45) is 3.77. The van der Waals surface area contributed by atoms with Gasteiger partial charge in [-0.15, -0.1) is 0 Å². The summed E-state index contributed by atoms with van der Waals surface area (Å²) in [5, 5.41) is 3.43. The highest BCUT2D eigenvalue weighted by atomic mass is 19.1. The minimum atomic E-state index is -0.171. The molecule has 1 aliphatic rings. The van der Waals surface area contributed by atoms with E-state index in [2.05, 4.69) is 12.2 Å². The van der Waals surface area contributed by atoms with Crippen LogP contribution >= 0.6 is 0 Å². The maximum atomic E-state index is 12.6. The summed E-state index contributed by atoms with van der Waals surface area (Å²) in [6, 6.07) is 7.19. The SMILES string of the molecule is C[C@H]1CC[C@H](Nc2ccc(F)cc2)C1. The summed E-state index contributed by atoms with van der Waals surface area (Å²) in [4.78, 5) is 0. The molecule has 1 saturated carbocycles. The van der Waals surface area contributed by atoms with Crippen molar-refractivity contribution < 1.29 is 4.39 Å². The molecule has 0 aromatic heterocycles. The average Bonchev–Trinajstić information content (AvgIpc) is 2.56. The number of nitrogens with one attached hydrogen (secondary N) is 1. The molecule has 0 spiro atoms. The fraction of sp³-hybridized carbons (Fsp3) is 0.500. The lowest BCUT2D eigenvalue weighted by molar-refractivity contribution is 0.602. The Balaban J connectivity index is 1.94. The molecule has 0 heterocycles. The zero-order chi connectivity index (χ0) is 9.97. The van der Waals surface area contributed by atoms with Gasteiger partial charge in [0.15, 0.2) is 0 Å². The number of benzene rings is 1. The molecule has 1 aliphatic carbocycles. The molecule has 0 radical (unpaired) electrons. The standard InChI is InChI=1S/C12H16FN/c1-9-2-5-12(8-9)14-11-6-3-10(13)4-7-11/h3-4,6-7,9,12,14H,2,5,8H2,1H3/t9-,12-/m0/s1. The van der Waals surface area contributed by atoms with Crippen LogP contribution in [0.15, 0.2) is 24.3 Å². The predicted octanol–water partition coefficient (Wildman–Crippen LogP) is 3.43. The second-order valence-electron chi connectivity index (χ2n) is 4.27.